The third kappa shape index (κ3) is 3.87. The summed E-state index contributed by atoms with van der Waals surface area (Å²) in [6.07, 6.45) is 8.07. The van der Waals surface area contributed by atoms with Crippen LogP contribution in [0.2, 0.25) is 0 Å². The zero-order valence-electron chi connectivity index (χ0n) is 14.4. The largest absolute Gasteiger partial charge is 0.478 e. The van der Waals surface area contributed by atoms with Crippen LogP contribution in [0.1, 0.15) is 67.3 Å². The molecular weight excluding hydrogens is 296 g/mol. The van der Waals surface area contributed by atoms with Crippen LogP contribution in [0.15, 0.2) is 48.5 Å². The first kappa shape index (κ1) is 16.8. The molecule has 1 aliphatic carbocycles. The summed E-state index contributed by atoms with van der Waals surface area (Å²) in [6.45, 7) is 2.29. The van der Waals surface area contributed by atoms with E-state index in [0.29, 0.717) is 11.5 Å². The van der Waals surface area contributed by atoms with E-state index in [9.17, 15) is 4.79 Å². The lowest BCUT2D eigenvalue weighted by Gasteiger charge is -2.28. The number of carboxylic acid groups (broad SMARTS) is 1. The fraction of sp³-hybridized carbons (Fsp3) is 0.409. The molecule has 1 saturated carbocycles. The van der Waals surface area contributed by atoms with Gasteiger partial charge in [0.05, 0.1) is 5.56 Å². The zero-order chi connectivity index (χ0) is 16.9. The average molecular weight is 322 g/mol. The van der Waals surface area contributed by atoms with Crippen LogP contribution in [0.4, 0.5) is 0 Å². The Morgan fingerprint density at radius 1 is 0.917 bits per heavy atom. The standard InChI is InChI=1S/C22H26O2/c1-2-3-16-4-6-17(7-5-16)18-8-10-19(11-9-18)20-12-14-21(15-13-20)22(23)24/h8-17H,2-7H2,1H3,(H,23,24). The van der Waals surface area contributed by atoms with Crippen molar-refractivity contribution in [1.82, 2.24) is 0 Å². The lowest BCUT2D eigenvalue weighted by molar-refractivity contribution is 0.0697. The molecule has 0 heterocycles. The van der Waals surface area contributed by atoms with Gasteiger partial charge in [0.15, 0.2) is 0 Å². The molecule has 0 spiro atoms. The van der Waals surface area contributed by atoms with E-state index in [2.05, 4.69) is 31.2 Å². The Bertz CT molecular complexity index is 662. The zero-order valence-corrected chi connectivity index (χ0v) is 14.4. The minimum absolute atomic E-state index is 0.333. The number of carbonyl (C=O) groups is 1. The molecule has 1 fully saturated rings. The quantitative estimate of drug-likeness (QED) is 0.719. The lowest BCUT2D eigenvalue weighted by atomic mass is 9.77. The van der Waals surface area contributed by atoms with E-state index in [-0.39, 0.29) is 0 Å². The van der Waals surface area contributed by atoms with Gasteiger partial charge in [-0.2, -0.15) is 0 Å². The first-order valence-electron chi connectivity index (χ1n) is 9.11. The summed E-state index contributed by atoms with van der Waals surface area (Å²) in [5, 5.41) is 8.98. The van der Waals surface area contributed by atoms with E-state index in [1.54, 1.807) is 12.1 Å². The van der Waals surface area contributed by atoms with Crippen molar-refractivity contribution in [2.24, 2.45) is 5.92 Å². The van der Waals surface area contributed by atoms with Crippen LogP contribution in [0.25, 0.3) is 11.1 Å². The van der Waals surface area contributed by atoms with Crippen molar-refractivity contribution < 1.29 is 9.90 Å². The van der Waals surface area contributed by atoms with Crippen LogP contribution >= 0.6 is 0 Å². The van der Waals surface area contributed by atoms with Crippen LogP contribution in [0.3, 0.4) is 0 Å². The highest BCUT2D eigenvalue weighted by molar-refractivity contribution is 5.88. The van der Waals surface area contributed by atoms with Crippen LogP contribution in [0, 0.1) is 5.92 Å². The predicted octanol–water partition coefficient (Wildman–Crippen LogP) is 6.13. The summed E-state index contributed by atoms with van der Waals surface area (Å²) < 4.78 is 0. The van der Waals surface area contributed by atoms with Gasteiger partial charge in [-0.3, -0.25) is 0 Å². The van der Waals surface area contributed by atoms with E-state index in [1.165, 1.54) is 44.1 Å². The normalized spacial score (nSPS) is 20.7. The van der Waals surface area contributed by atoms with E-state index >= 15 is 0 Å². The molecular formula is C22H26O2. The fourth-order valence-electron chi connectivity index (χ4n) is 3.95. The molecule has 126 valence electrons. The lowest BCUT2D eigenvalue weighted by Crippen LogP contribution is -2.13. The van der Waals surface area contributed by atoms with E-state index in [4.69, 9.17) is 5.11 Å². The van der Waals surface area contributed by atoms with Gasteiger partial charge >= 0.3 is 5.97 Å². The van der Waals surface area contributed by atoms with Crippen molar-refractivity contribution in [2.45, 2.75) is 51.4 Å². The second kappa shape index (κ2) is 7.65. The number of hydrogen-bond acceptors (Lipinski definition) is 1. The molecule has 0 aromatic heterocycles. The summed E-state index contributed by atoms with van der Waals surface area (Å²) in [5.41, 5.74) is 4.00. The molecule has 2 heteroatoms. The van der Waals surface area contributed by atoms with Crippen molar-refractivity contribution >= 4 is 5.97 Å². The molecule has 1 aliphatic rings. The highest BCUT2D eigenvalue weighted by Crippen LogP contribution is 2.37. The molecule has 0 unspecified atom stereocenters. The second-order valence-electron chi connectivity index (χ2n) is 7.01. The summed E-state index contributed by atoms with van der Waals surface area (Å²) >= 11 is 0. The van der Waals surface area contributed by atoms with Crippen LogP contribution in [-0.2, 0) is 0 Å². The molecule has 2 nitrogen and oxygen atoms in total. The molecule has 0 aliphatic heterocycles. The Morgan fingerprint density at radius 3 is 1.96 bits per heavy atom. The van der Waals surface area contributed by atoms with Crippen molar-refractivity contribution in [3.8, 4) is 11.1 Å². The van der Waals surface area contributed by atoms with E-state index < -0.39 is 5.97 Å². The van der Waals surface area contributed by atoms with Gasteiger partial charge in [0.25, 0.3) is 0 Å². The number of benzene rings is 2. The van der Waals surface area contributed by atoms with Gasteiger partial charge in [0.2, 0.25) is 0 Å². The highest BCUT2D eigenvalue weighted by Gasteiger charge is 2.21. The smallest absolute Gasteiger partial charge is 0.335 e. The first-order valence-corrected chi connectivity index (χ1v) is 9.11. The monoisotopic (exact) mass is 322 g/mol. The maximum atomic E-state index is 10.9. The van der Waals surface area contributed by atoms with Crippen LogP contribution < -0.4 is 0 Å². The maximum absolute atomic E-state index is 10.9. The first-order chi connectivity index (χ1) is 11.7. The Hall–Kier alpha value is -2.09. The molecule has 0 amide bonds. The molecule has 0 saturated heterocycles. The third-order valence-electron chi connectivity index (χ3n) is 5.39. The number of aromatic carboxylic acids is 1. The van der Waals surface area contributed by atoms with Crippen LogP contribution in [0.5, 0.6) is 0 Å². The molecule has 0 atom stereocenters. The van der Waals surface area contributed by atoms with Crippen molar-refractivity contribution in [1.29, 1.82) is 0 Å². The molecule has 3 rings (SSSR count). The Labute approximate surface area is 144 Å². The van der Waals surface area contributed by atoms with Crippen LogP contribution in [-0.4, -0.2) is 11.1 Å². The maximum Gasteiger partial charge on any atom is 0.335 e. The Balaban J connectivity index is 1.66. The van der Waals surface area contributed by atoms with Gasteiger partial charge in [-0.15, -0.1) is 0 Å². The fourth-order valence-corrected chi connectivity index (χ4v) is 3.95. The summed E-state index contributed by atoms with van der Waals surface area (Å²) in [7, 11) is 0. The van der Waals surface area contributed by atoms with Gasteiger partial charge in [0.1, 0.15) is 0 Å². The molecule has 2 aromatic rings. The van der Waals surface area contributed by atoms with Gasteiger partial charge in [0, 0.05) is 0 Å². The van der Waals surface area contributed by atoms with Gasteiger partial charge < -0.3 is 5.11 Å². The number of rotatable bonds is 5. The molecule has 0 radical (unpaired) electrons. The average Bonchev–Trinajstić information content (AvgIpc) is 2.63. The van der Waals surface area contributed by atoms with Gasteiger partial charge in [-0.05, 0) is 66.3 Å². The second-order valence-corrected chi connectivity index (χ2v) is 7.01. The number of carboxylic acids is 1. The molecule has 1 N–H and O–H groups in total. The molecule has 2 aromatic carbocycles. The summed E-state index contributed by atoms with van der Waals surface area (Å²) in [5.74, 6) is 0.774. The highest BCUT2D eigenvalue weighted by atomic mass is 16.4. The van der Waals surface area contributed by atoms with Crippen molar-refractivity contribution in [2.75, 3.05) is 0 Å². The predicted molar refractivity (Wildman–Crippen MR) is 98.4 cm³/mol. The Morgan fingerprint density at radius 2 is 1.46 bits per heavy atom. The topological polar surface area (TPSA) is 37.3 Å². The summed E-state index contributed by atoms with van der Waals surface area (Å²) in [6, 6.07) is 16.0. The van der Waals surface area contributed by atoms with Crippen molar-refractivity contribution in [3.63, 3.8) is 0 Å². The minimum Gasteiger partial charge on any atom is -0.478 e. The minimum atomic E-state index is -0.879. The van der Waals surface area contributed by atoms with Crippen molar-refractivity contribution in [3.05, 3.63) is 59.7 Å². The summed E-state index contributed by atoms with van der Waals surface area (Å²) in [4.78, 5) is 10.9. The van der Waals surface area contributed by atoms with E-state index in [0.717, 1.165) is 17.0 Å². The van der Waals surface area contributed by atoms with Gasteiger partial charge in [-0.1, -0.05) is 56.2 Å². The number of hydrogen-bond donors (Lipinski definition) is 1. The van der Waals surface area contributed by atoms with Gasteiger partial charge in [-0.25, -0.2) is 4.79 Å². The Kier molecular flexibility index (Phi) is 5.34. The molecule has 24 heavy (non-hydrogen) atoms. The third-order valence-corrected chi connectivity index (χ3v) is 5.39. The SMILES string of the molecule is CCCC1CCC(c2ccc(-c3ccc(C(=O)O)cc3)cc2)CC1. The molecule has 0 bridgehead atoms. The van der Waals surface area contributed by atoms with E-state index in [1.807, 2.05) is 12.1 Å².